The van der Waals surface area contributed by atoms with Crippen molar-refractivity contribution < 1.29 is 48.0 Å². The molecule has 2 fully saturated rings. The first kappa shape index (κ1) is 36.8. The van der Waals surface area contributed by atoms with E-state index in [4.69, 9.17) is 25.5 Å². The summed E-state index contributed by atoms with van der Waals surface area (Å²) in [6, 6.07) is 10.9. The third-order valence-corrected chi connectivity index (χ3v) is 7.14. The van der Waals surface area contributed by atoms with Crippen LogP contribution in [0.15, 0.2) is 42.5 Å². The highest BCUT2D eigenvalue weighted by Crippen LogP contribution is 2.29. The molecule has 0 saturated carbocycles. The Morgan fingerprint density at radius 2 is 1.59 bits per heavy atom. The fraction of sp³-hybridized carbons (Fsp3) is 0.471. The predicted octanol–water partition coefficient (Wildman–Crippen LogP) is 4.00. The van der Waals surface area contributed by atoms with Crippen LogP contribution in [0.25, 0.3) is 4.85 Å². The Morgan fingerprint density at radius 3 is 2.18 bits per heavy atom. The average molecular weight is 680 g/mol. The molecule has 2 aliphatic rings. The SMILES string of the molecule is [C-]#[N+]c1ccc(NC(=O)[C@H](O)[C@H]2OCCN(c3cccc(N4CCOCC4=O)c3)C2=O)cc1CN(C(=O)OC(C)(C)C)C(=O)OC(C)(C)C. The Labute approximate surface area is 284 Å². The molecule has 2 N–H and O–H groups in total. The predicted molar refractivity (Wildman–Crippen MR) is 177 cm³/mol. The number of rotatable bonds is 7. The number of hydrogen-bond acceptors (Lipinski definition) is 10. The smallest absolute Gasteiger partial charge is 0.420 e. The van der Waals surface area contributed by atoms with E-state index >= 15 is 0 Å². The van der Waals surface area contributed by atoms with Gasteiger partial charge in [-0.1, -0.05) is 12.1 Å². The fourth-order valence-corrected chi connectivity index (χ4v) is 4.97. The molecule has 5 amide bonds. The Kier molecular flexibility index (Phi) is 11.3. The molecular formula is C34H41N5O10. The molecule has 262 valence electrons. The first-order valence-corrected chi connectivity index (χ1v) is 15.6. The number of morpholine rings is 2. The second kappa shape index (κ2) is 15.0. The zero-order valence-corrected chi connectivity index (χ0v) is 28.3. The van der Waals surface area contributed by atoms with Crippen LogP contribution in [0.1, 0.15) is 47.1 Å². The van der Waals surface area contributed by atoms with Gasteiger partial charge in [0.1, 0.15) is 17.8 Å². The Bertz CT molecular complexity index is 1610. The summed E-state index contributed by atoms with van der Waals surface area (Å²) in [5.41, 5.74) is -0.470. The fourth-order valence-electron chi connectivity index (χ4n) is 4.97. The second-order valence-corrected chi connectivity index (χ2v) is 13.3. The lowest BCUT2D eigenvalue weighted by Gasteiger charge is -2.35. The van der Waals surface area contributed by atoms with Crippen molar-refractivity contribution in [2.24, 2.45) is 0 Å². The maximum Gasteiger partial charge on any atom is 0.420 e. The number of carbonyl (C=O) groups excluding carboxylic acids is 5. The minimum absolute atomic E-state index is 0.0243. The molecule has 2 heterocycles. The van der Waals surface area contributed by atoms with E-state index in [2.05, 4.69) is 10.2 Å². The molecule has 15 heteroatoms. The van der Waals surface area contributed by atoms with Crippen LogP contribution in [0.2, 0.25) is 0 Å². The topological polar surface area (TPSA) is 169 Å². The molecule has 0 spiro atoms. The number of aliphatic hydroxyl groups excluding tert-OH is 1. The minimum Gasteiger partial charge on any atom is -0.443 e. The number of benzene rings is 2. The molecule has 2 atom stereocenters. The molecule has 2 aliphatic heterocycles. The average Bonchev–Trinajstić information content (AvgIpc) is 3.02. The van der Waals surface area contributed by atoms with Gasteiger partial charge in [-0.15, -0.1) is 0 Å². The number of aliphatic hydroxyl groups is 1. The van der Waals surface area contributed by atoms with Crippen LogP contribution in [-0.2, 0) is 39.9 Å². The number of anilines is 3. The van der Waals surface area contributed by atoms with Crippen molar-refractivity contribution in [3.8, 4) is 0 Å². The van der Waals surface area contributed by atoms with E-state index in [0.29, 0.717) is 29.4 Å². The van der Waals surface area contributed by atoms with Crippen LogP contribution < -0.4 is 15.1 Å². The van der Waals surface area contributed by atoms with E-state index in [-0.39, 0.29) is 42.6 Å². The molecular weight excluding hydrogens is 638 g/mol. The second-order valence-electron chi connectivity index (χ2n) is 13.3. The monoisotopic (exact) mass is 679 g/mol. The molecule has 2 saturated heterocycles. The summed E-state index contributed by atoms with van der Waals surface area (Å²) in [6.45, 7) is 17.8. The van der Waals surface area contributed by atoms with E-state index in [1.54, 1.807) is 70.7 Å². The highest BCUT2D eigenvalue weighted by atomic mass is 16.6. The molecule has 2 aromatic rings. The van der Waals surface area contributed by atoms with Crippen molar-refractivity contribution in [2.45, 2.75) is 71.5 Å². The molecule has 0 radical (unpaired) electrons. The van der Waals surface area contributed by atoms with Gasteiger partial charge >= 0.3 is 12.2 Å². The summed E-state index contributed by atoms with van der Waals surface area (Å²) in [4.78, 5) is 72.3. The maximum absolute atomic E-state index is 13.5. The van der Waals surface area contributed by atoms with Gasteiger partial charge < -0.3 is 39.2 Å². The van der Waals surface area contributed by atoms with Crippen molar-refractivity contribution >= 4 is 52.7 Å². The van der Waals surface area contributed by atoms with Crippen molar-refractivity contribution in [3.63, 3.8) is 0 Å². The van der Waals surface area contributed by atoms with Crippen LogP contribution in [0.3, 0.4) is 0 Å². The lowest BCUT2D eigenvalue weighted by molar-refractivity contribution is -0.150. The molecule has 2 aromatic carbocycles. The summed E-state index contributed by atoms with van der Waals surface area (Å²) >= 11 is 0. The van der Waals surface area contributed by atoms with E-state index in [1.165, 1.54) is 23.1 Å². The van der Waals surface area contributed by atoms with Gasteiger partial charge in [0.2, 0.25) is 0 Å². The molecule has 0 aliphatic carbocycles. The van der Waals surface area contributed by atoms with Gasteiger partial charge in [0, 0.05) is 30.2 Å². The molecule has 0 bridgehead atoms. The highest BCUT2D eigenvalue weighted by molar-refractivity contribution is 6.04. The summed E-state index contributed by atoms with van der Waals surface area (Å²) in [5, 5.41) is 13.5. The first-order chi connectivity index (χ1) is 23.0. The van der Waals surface area contributed by atoms with Gasteiger partial charge in [0.15, 0.2) is 17.9 Å². The van der Waals surface area contributed by atoms with Crippen molar-refractivity contribution in [2.75, 3.05) is 48.0 Å². The van der Waals surface area contributed by atoms with Gasteiger partial charge in [-0.3, -0.25) is 14.4 Å². The van der Waals surface area contributed by atoms with Crippen LogP contribution >= 0.6 is 0 Å². The van der Waals surface area contributed by atoms with Crippen LogP contribution in [0, 0.1) is 6.57 Å². The van der Waals surface area contributed by atoms with E-state index in [9.17, 15) is 29.1 Å². The lowest BCUT2D eigenvalue weighted by Crippen LogP contribution is -2.55. The lowest BCUT2D eigenvalue weighted by atomic mass is 10.1. The largest absolute Gasteiger partial charge is 0.443 e. The third kappa shape index (κ3) is 9.53. The number of amides is 5. The van der Waals surface area contributed by atoms with Gasteiger partial charge in [-0.2, -0.15) is 0 Å². The third-order valence-electron chi connectivity index (χ3n) is 7.14. The number of imide groups is 1. The van der Waals surface area contributed by atoms with Crippen LogP contribution in [0.5, 0.6) is 0 Å². The zero-order chi connectivity index (χ0) is 36.1. The normalized spacial score (nSPS) is 17.6. The summed E-state index contributed by atoms with van der Waals surface area (Å²) in [7, 11) is 0. The molecule has 0 unspecified atom stereocenters. The minimum atomic E-state index is -1.93. The number of carbonyl (C=O) groups is 5. The van der Waals surface area contributed by atoms with E-state index < -0.39 is 54.0 Å². The Hall–Kier alpha value is -5.04. The molecule has 0 aromatic heterocycles. The zero-order valence-electron chi connectivity index (χ0n) is 28.3. The summed E-state index contributed by atoms with van der Waals surface area (Å²) in [6.07, 6.45) is -5.47. The number of nitrogens with one attached hydrogen (secondary N) is 1. The van der Waals surface area contributed by atoms with Crippen LogP contribution in [0.4, 0.5) is 32.3 Å². The van der Waals surface area contributed by atoms with Gasteiger partial charge in [-0.05, 0) is 77.4 Å². The number of nitrogens with zero attached hydrogens (tertiary/aromatic N) is 4. The van der Waals surface area contributed by atoms with E-state index in [0.717, 1.165) is 0 Å². The van der Waals surface area contributed by atoms with Gasteiger partial charge in [-0.25, -0.2) is 19.3 Å². The summed E-state index contributed by atoms with van der Waals surface area (Å²) in [5.74, 6) is -1.84. The van der Waals surface area contributed by atoms with Crippen molar-refractivity contribution in [3.05, 3.63) is 59.4 Å². The highest BCUT2D eigenvalue weighted by Gasteiger charge is 2.40. The maximum atomic E-state index is 13.5. The van der Waals surface area contributed by atoms with Gasteiger partial charge in [0.25, 0.3) is 17.7 Å². The van der Waals surface area contributed by atoms with Crippen molar-refractivity contribution in [1.29, 1.82) is 0 Å². The van der Waals surface area contributed by atoms with Crippen molar-refractivity contribution in [1.82, 2.24) is 4.90 Å². The Balaban J connectivity index is 1.51. The molecule has 49 heavy (non-hydrogen) atoms. The molecule has 4 rings (SSSR count). The Morgan fingerprint density at radius 1 is 0.980 bits per heavy atom. The molecule has 15 nitrogen and oxygen atoms in total. The standard InChI is InChI=1S/C34H41N5O10/c1-33(2,3)48-31(44)39(32(45)49-34(4,5)6)19-21-17-22(11-12-25(21)35-7)36-29(42)27(41)28-30(43)38(14-16-47-28)24-10-8-9-23(18-24)37-13-15-46-20-26(37)40/h8-12,17-18,27-28,41H,13-16,19-20H2,1-6H3,(H,36,42)/t27-,28-/m1/s1. The quantitative estimate of drug-likeness (QED) is 0.408. The van der Waals surface area contributed by atoms with Crippen LogP contribution in [-0.4, -0.2) is 96.2 Å². The number of ether oxygens (including phenoxy) is 4. The number of hydrogen-bond donors (Lipinski definition) is 2. The first-order valence-electron chi connectivity index (χ1n) is 15.6. The summed E-state index contributed by atoms with van der Waals surface area (Å²) < 4.78 is 21.5. The van der Waals surface area contributed by atoms with Gasteiger partial charge in [0.05, 0.1) is 26.3 Å². The van der Waals surface area contributed by atoms with E-state index in [1.807, 2.05) is 0 Å².